The molecular weight excluding hydrogens is 443 g/mol. The van der Waals surface area contributed by atoms with Gasteiger partial charge in [-0.15, -0.1) is 0 Å². The van der Waals surface area contributed by atoms with Crippen LogP contribution in [-0.2, 0) is 9.53 Å². The van der Waals surface area contributed by atoms with Crippen molar-refractivity contribution in [2.24, 2.45) is 0 Å². The van der Waals surface area contributed by atoms with Gasteiger partial charge in [0.25, 0.3) is 5.91 Å². The minimum Gasteiger partial charge on any atom is -0.495 e. The normalized spacial score (nSPS) is 11.7. The number of hydrogen-bond acceptors (Lipinski definition) is 6. The Balaban J connectivity index is 1.76. The van der Waals surface area contributed by atoms with Crippen LogP contribution >= 0.6 is 23.2 Å². The van der Waals surface area contributed by atoms with Crippen LogP contribution in [0.3, 0.4) is 0 Å². The molecule has 2 aromatic heterocycles. The van der Waals surface area contributed by atoms with Crippen LogP contribution in [-0.4, -0.2) is 39.9 Å². The maximum absolute atomic E-state index is 12.7. The summed E-state index contributed by atoms with van der Waals surface area (Å²) in [7, 11) is 1.46. The minimum absolute atomic E-state index is 0.0967. The highest BCUT2D eigenvalue weighted by Gasteiger charge is 2.23. The van der Waals surface area contributed by atoms with Crippen molar-refractivity contribution in [1.29, 1.82) is 0 Å². The van der Waals surface area contributed by atoms with Crippen LogP contribution in [0.5, 0.6) is 5.75 Å². The maximum Gasteiger partial charge on any atom is 0.359 e. The number of hydrogen-bond donors (Lipinski definition) is 1. The maximum atomic E-state index is 12.7. The molecule has 0 fully saturated rings. The lowest BCUT2D eigenvalue weighted by Crippen LogP contribution is -2.30. The van der Waals surface area contributed by atoms with E-state index in [0.717, 1.165) is 11.4 Å². The van der Waals surface area contributed by atoms with Crippen molar-refractivity contribution >= 4 is 40.8 Å². The van der Waals surface area contributed by atoms with Gasteiger partial charge in [-0.25, -0.2) is 14.5 Å². The summed E-state index contributed by atoms with van der Waals surface area (Å²) >= 11 is 12.1. The topological polar surface area (TPSA) is 95.3 Å². The highest BCUT2D eigenvalue weighted by molar-refractivity contribution is 6.33. The zero-order valence-electron chi connectivity index (χ0n) is 17.3. The quantitative estimate of drug-likeness (QED) is 0.545. The number of carbonyl (C=O) groups excluding carboxylic acids is 2. The zero-order chi connectivity index (χ0) is 22.7. The van der Waals surface area contributed by atoms with E-state index in [1.165, 1.54) is 26.2 Å². The van der Waals surface area contributed by atoms with Crippen molar-refractivity contribution in [3.05, 3.63) is 63.5 Å². The molecule has 1 amide bonds. The monoisotopic (exact) mass is 462 g/mol. The number of halogens is 2. The standard InChI is InChI=1S/C21H20Cl2N4O4/c1-11-9-12(2)27(26-11)18-8-6-15(23)19(25-18)21(29)31-13(3)20(28)24-16-10-14(22)5-7-17(16)30-4/h5-10,13H,1-4H3,(H,24,28). The Morgan fingerprint density at radius 1 is 1.13 bits per heavy atom. The van der Waals surface area contributed by atoms with E-state index in [1.807, 2.05) is 19.9 Å². The third-order valence-corrected chi connectivity index (χ3v) is 4.86. The number of ether oxygens (including phenoxy) is 2. The third kappa shape index (κ3) is 5.15. The van der Waals surface area contributed by atoms with Gasteiger partial charge in [-0.1, -0.05) is 23.2 Å². The summed E-state index contributed by atoms with van der Waals surface area (Å²) in [5, 5.41) is 7.48. The van der Waals surface area contributed by atoms with E-state index < -0.39 is 18.0 Å². The van der Waals surface area contributed by atoms with Gasteiger partial charge in [0.05, 0.1) is 23.5 Å². The van der Waals surface area contributed by atoms with Gasteiger partial charge < -0.3 is 14.8 Å². The Labute approximate surface area is 189 Å². The molecule has 1 atom stereocenters. The number of pyridine rings is 1. The number of aryl methyl sites for hydroxylation is 2. The van der Waals surface area contributed by atoms with E-state index >= 15 is 0 Å². The molecule has 0 aliphatic rings. The van der Waals surface area contributed by atoms with Gasteiger partial charge in [0.1, 0.15) is 5.75 Å². The van der Waals surface area contributed by atoms with E-state index in [9.17, 15) is 9.59 Å². The molecule has 0 bridgehead atoms. The number of aromatic nitrogens is 3. The van der Waals surface area contributed by atoms with Crippen molar-refractivity contribution in [1.82, 2.24) is 14.8 Å². The third-order valence-electron chi connectivity index (χ3n) is 4.32. The van der Waals surface area contributed by atoms with Gasteiger partial charge >= 0.3 is 5.97 Å². The van der Waals surface area contributed by atoms with Crippen LogP contribution in [0.4, 0.5) is 5.69 Å². The predicted octanol–water partition coefficient (Wildman–Crippen LogP) is 4.38. The van der Waals surface area contributed by atoms with Crippen LogP contribution in [0, 0.1) is 13.8 Å². The smallest absolute Gasteiger partial charge is 0.359 e. The number of rotatable bonds is 6. The summed E-state index contributed by atoms with van der Waals surface area (Å²) in [6, 6.07) is 9.82. The van der Waals surface area contributed by atoms with E-state index in [2.05, 4.69) is 15.4 Å². The second kappa shape index (κ2) is 9.36. The van der Waals surface area contributed by atoms with Crippen molar-refractivity contribution in [2.45, 2.75) is 26.9 Å². The molecular formula is C21H20Cl2N4O4. The number of benzene rings is 1. The molecule has 1 aromatic carbocycles. The summed E-state index contributed by atoms with van der Waals surface area (Å²) < 4.78 is 12.1. The molecule has 0 saturated carbocycles. The highest BCUT2D eigenvalue weighted by atomic mass is 35.5. The van der Waals surface area contributed by atoms with Crippen LogP contribution in [0.2, 0.25) is 10.0 Å². The van der Waals surface area contributed by atoms with Gasteiger partial charge in [0, 0.05) is 10.7 Å². The number of methoxy groups -OCH3 is 1. The molecule has 31 heavy (non-hydrogen) atoms. The summed E-state index contributed by atoms with van der Waals surface area (Å²) in [5.74, 6) is -0.588. The average Bonchev–Trinajstić information content (AvgIpc) is 3.06. The fourth-order valence-corrected chi connectivity index (χ4v) is 3.19. The fourth-order valence-electron chi connectivity index (χ4n) is 2.84. The lowest BCUT2D eigenvalue weighted by Gasteiger charge is -2.16. The highest BCUT2D eigenvalue weighted by Crippen LogP contribution is 2.28. The summed E-state index contributed by atoms with van der Waals surface area (Å²) in [6.07, 6.45) is -1.13. The molecule has 0 radical (unpaired) electrons. The van der Waals surface area contributed by atoms with Gasteiger partial charge in [0.2, 0.25) is 0 Å². The molecule has 8 nitrogen and oxygen atoms in total. The first-order chi connectivity index (χ1) is 14.7. The number of carbonyl (C=O) groups is 2. The Bertz CT molecular complexity index is 1150. The molecule has 0 aliphatic heterocycles. The molecule has 10 heteroatoms. The Kier molecular flexibility index (Phi) is 6.82. The van der Waals surface area contributed by atoms with Gasteiger partial charge in [-0.05, 0) is 57.2 Å². The number of anilines is 1. The zero-order valence-corrected chi connectivity index (χ0v) is 18.8. The second-order valence-corrected chi connectivity index (χ2v) is 7.56. The largest absolute Gasteiger partial charge is 0.495 e. The number of nitrogens with one attached hydrogen (secondary N) is 1. The minimum atomic E-state index is -1.13. The van der Waals surface area contributed by atoms with E-state index in [0.29, 0.717) is 22.3 Å². The molecule has 0 aliphatic carbocycles. The van der Waals surface area contributed by atoms with E-state index in [1.54, 1.807) is 22.9 Å². The number of amides is 1. The van der Waals surface area contributed by atoms with Crippen LogP contribution < -0.4 is 10.1 Å². The van der Waals surface area contributed by atoms with Crippen LogP contribution in [0.1, 0.15) is 28.8 Å². The lowest BCUT2D eigenvalue weighted by atomic mass is 10.2. The van der Waals surface area contributed by atoms with Crippen molar-refractivity contribution in [3.63, 3.8) is 0 Å². The molecule has 1 N–H and O–H groups in total. The Morgan fingerprint density at radius 3 is 2.52 bits per heavy atom. The Hall–Kier alpha value is -3.10. The van der Waals surface area contributed by atoms with Crippen molar-refractivity contribution in [2.75, 3.05) is 12.4 Å². The molecule has 0 spiro atoms. The first-order valence-electron chi connectivity index (χ1n) is 9.25. The fraction of sp³-hybridized carbons (Fsp3) is 0.238. The average molecular weight is 463 g/mol. The molecule has 3 aromatic rings. The summed E-state index contributed by atoms with van der Waals surface area (Å²) in [6.45, 7) is 5.15. The first-order valence-corrected chi connectivity index (χ1v) is 10.0. The van der Waals surface area contributed by atoms with Gasteiger partial charge in [0.15, 0.2) is 17.6 Å². The molecule has 2 heterocycles. The lowest BCUT2D eigenvalue weighted by molar-refractivity contribution is -0.123. The van der Waals surface area contributed by atoms with E-state index in [4.69, 9.17) is 32.7 Å². The Morgan fingerprint density at radius 2 is 1.87 bits per heavy atom. The molecule has 3 rings (SSSR count). The first kappa shape index (κ1) is 22.6. The van der Waals surface area contributed by atoms with Crippen molar-refractivity contribution in [3.8, 4) is 11.6 Å². The second-order valence-electron chi connectivity index (χ2n) is 6.72. The van der Waals surface area contributed by atoms with Crippen LogP contribution in [0.15, 0.2) is 36.4 Å². The predicted molar refractivity (Wildman–Crippen MR) is 117 cm³/mol. The number of nitrogens with zero attached hydrogens (tertiary/aromatic N) is 3. The summed E-state index contributed by atoms with van der Waals surface area (Å²) in [5.41, 5.74) is 1.88. The molecule has 162 valence electrons. The SMILES string of the molecule is COc1ccc(Cl)cc1NC(=O)C(C)OC(=O)c1nc(-n2nc(C)cc2C)ccc1Cl. The molecule has 1 unspecified atom stereocenters. The van der Waals surface area contributed by atoms with Crippen molar-refractivity contribution < 1.29 is 19.1 Å². The number of esters is 1. The van der Waals surface area contributed by atoms with Gasteiger partial charge in [-0.3, -0.25) is 4.79 Å². The summed E-state index contributed by atoms with van der Waals surface area (Å²) in [4.78, 5) is 29.5. The van der Waals surface area contributed by atoms with Crippen LogP contribution in [0.25, 0.3) is 5.82 Å². The molecule has 0 saturated heterocycles. The van der Waals surface area contributed by atoms with Gasteiger partial charge in [-0.2, -0.15) is 5.10 Å². The van der Waals surface area contributed by atoms with E-state index in [-0.39, 0.29) is 10.7 Å².